The van der Waals surface area contributed by atoms with Crippen LogP contribution in [0.3, 0.4) is 0 Å². The largest absolute Gasteiger partial charge is 0.485 e. The average Bonchev–Trinajstić information content (AvgIpc) is 2.72. The zero-order valence-corrected chi connectivity index (χ0v) is 13.3. The molecule has 3 rings (SSSR count). The highest BCUT2D eigenvalue weighted by Gasteiger charge is 2.25. The fourth-order valence-electron chi connectivity index (χ4n) is 2.82. The molecule has 112 valence electrons. The van der Waals surface area contributed by atoms with Gasteiger partial charge < -0.3 is 9.30 Å². The zero-order chi connectivity index (χ0) is 15.0. The van der Waals surface area contributed by atoms with Crippen LogP contribution in [0.25, 0.3) is 0 Å². The van der Waals surface area contributed by atoms with Gasteiger partial charge in [0.25, 0.3) is 0 Å². The van der Waals surface area contributed by atoms with Gasteiger partial charge in [-0.25, -0.2) is 0 Å². The summed E-state index contributed by atoms with van der Waals surface area (Å²) in [7, 11) is 2.04. The second-order valence-corrected chi connectivity index (χ2v) is 6.15. The highest BCUT2D eigenvalue weighted by Crippen LogP contribution is 2.35. The van der Waals surface area contributed by atoms with E-state index in [1.54, 1.807) is 0 Å². The van der Waals surface area contributed by atoms with Crippen molar-refractivity contribution in [1.29, 1.82) is 0 Å². The summed E-state index contributed by atoms with van der Waals surface area (Å²) in [5.74, 6) is 3.55. The first-order valence-electron chi connectivity index (χ1n) is 7.65. The number of rotatable bonds is 4. The SMILES string of the molecule is Cc1cc(C)c(C)c(OCc2nnc(C3CCC3)n2C)c1. The van der Waals surface area contributed by atoms with Crippen LogP contribution in [-0.2, 0) is 13.7 Å². The summed E-state index contributed by atoms with van der Waals surface area (Å²) in [5.41, 5.74) is 3.68. The Morgan fingerprint density at radius 2 is 1.95 bits per heavy atom. The monoisotopic (exact) mass is 285 g/mol. The highest BCUT2D eigenvalue weighted by molar-refractivity contribution is 5.41. The molecular formula is C17H23N3O. The van der Waals surface area contributed by atoms with E-state index >= 15 is 0 Å². The molecule has 0 N–H and O–H groups in total. The maximum Gasteiger partial charge on any atom is 0.170 e. The third-order valence-electron chi connectivity index (χ3n) is 4.59. The lowest BCUT2D eigenvalue weighted by atomic mass is 9.85. The van der Waals surface area contributed by atoms with Crippen LogP contribution in [0.4, 0.5) is 0 Å². The quantitative estimate of drug-likeness (QED) is 0.862. The predicted molar refractivity (Wildman–Crippen MR) is 82.6 cm³/mol. The zero-order valence-electron chi connectivity index (χ0n) is 13.3. The summed E-state index contributed by atoms with van der Waals surface area (Å²) < 4.78 is 8.09. The predicted octanol–water partition coefficient (Wildman–Crippen LogP) is 3.59. The van der Waals surface area contributed by atoms with Crippen molar-refractivity contribution in [2.75, 3.05) is 0 Å². The van der Waals surface area contributed by atoms with Gasteiger partial charge in [-0.1, -0.05) is 12.5 Å². The van der Waals surface area contributed by atoms with E-state index in [4.69, 9.17) is 4.74 Å². The van der Waals surface area contributed by atoms with E-state index in [1.807, 2.05) is 7.05 Å². The van der Waals surface area contributed by atoms with Gasteiger partial charge in [0.15, 0.2) is 5.82 Å². The van der Waals surface area contributed by atoms with Crippen molar-refractivity contribution in [2.24, 2.45) is 7.05 Å². The Hall–Kier alpha value is -1.84. The molecule has 1 aliphatic carbocycles. The van der Waals surface area contributed by atoms with E-state index in [0.717, 1.165) is 17.4 Å². The number of nitrogens with zero attached hydrogens (tertiary/aromatic N) is 3. The number of aromatic nitrogens is 3. The minimum absolute atomic E-state index is 0.472. The number of ether oxygens (including phenoxy) is 1. The summed E-state index contributed by atoms with van der Waals surface area (Å²) in [4.78, 5) is 0. The first-order valence-corrected chi connectivity index (χ1v) is 7.65. The maximum absolute atomic E-state index is 5.99. The van der Waals surface area contributed by atoms with E-state index in [1.165, 1.54) is 36.0 Å². The third kappa shape index (κ3) is 2.67. The normalized spacial score (nSPS) is 15.0. The standard InChI is InChI=1S/C17H23N3O/c1-11-8-12(2)13(3)15(9-11)21-10-16-18-19-17(20(16)4)14-6-5-7-14/h8-9,14H,5-7,10H2,1-4H3. The minimum atomic E-state index is 0.472. The molecule has 0 bridgehead atoms. The lowest BCUT2D eigenvalue weighted by Gasteiger charge is -2.24. The van der Waals surface area contributed by atoms with Gasteiger partial charge in [0.05, 0.1) is 0 Å². The molecule has 21 heavy (non-hydrogen) atoms. The van der Waals surface area contributed by atoms with Gasteiger partial charge in [-0.3, -0.25) is 0 Å². The summed E-state index contributed by atoms with van der Waals surface area (Å²) in [6.07, 6.45) is 3.79. The van der Waals surface area contributed by atoms with E-state index in [0.29, 0.717) is 12.5 Å². The van der Waals surface area contributed by atoms with Crippen LogP contribution in [0.5, 0.6) is 5.75 Å². The summed E-state index contributed by atoms with van der Waals surface area (Å²) in [5, 5.41) is 8.64. The summed E-state index contributed by atoms with van der Waals surface area (Å²) in [6, 6.07) is 4.27. The van der Waals surface area contributed by atoms with Gasteiger partial charge in [-0.05, 0) is 56.4 Å². The van der Waals surface area contributed by atoms with Crippen molar-refractivity contribution < 1.29 is 4.74 Å². The third-order valence-corrected chi connectivity index (χ3v) is 4.59. The topological polar surface area (TPSA) is 39.9 Å². The summed E-state index contributed by atoms with van der Waals surface area (Å²) in [6.45, 7) is 6.78. The van der Waals surface area contributed by atoms with Crippen molar-refractivity contribution in [3.05, 3.63) is 40.5 Å². The number of hydrogen-bond acceptors (Lipinski definition) is 3. The van der Waals surface area contributed by atoms with Crippen molar-refractivity contribution in [2.45, 2.75) is 52.6 Å². The van der Waals surface area contributed by atoms with Crippen molar-refractivity contribution >= 4 is 0 Å². The van der Waals surface area contributed by atoms with Crippen LogP contribution >= 0.6 is 0 Å². The molecule has 0 aliphatic heterocycles. The smallest absolute Gasteiger partial charge is 0.170 e. The van der Waals surface area contributed by atoms with Crippen LogP contribution in [-0.4, -0.2) is 14.8 Å². The Kier molecular flexibility index (Phi) is 3.70. The molecule has 0 saturated heterocycles. The molecule has 0 spiro atoms. The van der Waals surface area contributed by atoms with Crippen LogP contribution < -0.4 is 4.74 Å². The van der Waals surface area contributed by atoms with Crippen LogP contribution in [0.2, 0.25) is 0 Å². The molecule has 0 radical (unpaired) electrons. The van der Waals surface area contributed by atoms with Crippen LogP contribution in [0.15, 0.2) is 12.1 Å². The lowest BCUT2D eigenvalue weighted by molar-refractivity contribution is 0.287. The molecule has 1 fully saturated rings. The van der Waals surface area contributed by atoms with Gasteiger partial charge >= 0.3 is 0 Å². The molecule has 1 saturated carbocycles. The Balaban J connectivity index is 1.75. The Morgan fingerprint density at radius 3 is 2.62 bits per heavy atom. The Morgan fingerprint density at radius 1 is 1.19 bits per heavy atom. The van der Waals surface area contributed by atoms with Crippen molar-refractivity contribution in [1.82, 2.24) is 14.8 Å². The highest BCUT2D eigenvalue weighted by atomic mass is 16.5. The fraction of sp³-hybridized carbons (Fsp3) is 0.529. The number of aryl methyl sites for hydroxylation is 2. The molecule has 4 nitrogen and oxygen atoms in total. The molecule has 2 aromatic rings. The molecule has 1 aliphatic rings. The van der Waals surface area contributed by atoms with E-state index in [2.05, 4.69) is 47.7 Å². The molecule has 0 unspecified atom stereocenters. The van der Waals surface area contributed by atoms with E-state index < -0.39 is 0 Å². The fourth-order valence-corrected chi connectivity index (χ4v) is 2.82. The number of benzene rings is 1. The number of hydrogen-bond donors (Lipinski definition) is 0. The van der Waals surface area contributed by atoms with E-state index in [-0.39, 0.29) is 0 Å². The first kappa shape index (κ1) is 14.1. The first-order chi connectivity index (χ1) is 10.1. The molecular weight excluding hydrogens is 262 g/mol. The molecule has 1 heterocycles. The van der Waals surface area contributed by atoms with Gasteiger partial charge in [0.2, 0.25) is 0 Å². The molecule has 4 heteroatoms. The molecule has 1 aromatic heterocycles. The van der Waals surface area contributed by atoms with Gasteiger partial charge in [-0.2, -0.15) is 0 Å². The van der Waals surface area contributed by atoms with Gasteiger partial charge in [0, 0.05) is 13.0 Å². The van der Waals surface area contributed by atoms with Crippen LogP contribution in [0, 0.1) is 20.8 Å². The van der Waals surface area contributed by atoms with E-state index in [9.17, 15) is 0 Å². The Bertz CT molecular complexity index is 656. The van der Waals surface area contributed by atoms with Crippen molar-refractivity contribution in [3.8, 4) is 5.75 Å². The molecule has 1 aromatic carbocycles. The molecule has 0 atom stereocenters. The lowest BCUT2D eigenvalue weighted by Crippen LogP contribution is -2.15. The molecule has 0 amide bonds. The second-order valence-electron chi connectivity index (χ2n) is 6.15. The maximum atomic E-state index is 5.99. The second kappa shape index (κ2) is 5.51. The Labute approximate surface area is 126 Å². The average molecular weight is 285 g/mol. The van der Waals surface area contributed by atoms with Gasteiger partial charge in [-0.15, -0.1) is 10.2 Å². The minimum Gasteiger partial charge on any atom is -0.485 e. The van der Waals surface area contributed by atoms with Crippen molar-refractivity contribution in [3.63, 3.8) is 0 Å². The van der Waals surface area contributed by atoms with Crippen LogP contribution in [0.1, 0.15) is 53.5 Å². The summed E-state index contributed by atoms with van der Waals surface area (Å²) >= 11 is 0. The van der Waals surface area contributed by atoms with Gasteiger partial charge in [0.1, 0.15) is 18.2 Å².